The van der Waals surface area contributed by atoms with Crippen LogP contribution in [-0.2, 0) is 16.8 Å². The molecular weight excluding hydrogens is 733 g/mol. The molecule has 58 heavy (non-hydrogen) atoms. The molecule has 4 aliphatic heterocycles. The molecule has 1 spiro atoms. The Kier molecular flexibility index (Phi) is 11.3. The number of hydrogen-bond acceptors (Lipinski definition) is 12. The number of hydrogen-bond donors (Lipinski definition) is 1. The number of aromatic nitrogens is 5. The lowest BCUT2D eigenvalue weighted by atomic mass is 9.61. The van der Waals surface area contributed by atoms with Crippen molar-refractivity contribution in [2.75, 3.05) is 39.9 Å². The summed E-state index contributed by atoms with van der Waals surface area (Å²) in [4.78, 5) is 36.0. The summed E-state index contributed by atoms with van der Waals surface area (Å²) in [5.41, 5.74) is 5.00. The quantitative estimate of drug-likeness (QED) is 0.177. The third kappa shape index (κ3) is 8.47. The van der Waals surface area contributed by atoms with E-state index in [0.29, 0.717) is 59.1 Å². The molecule has 0 aromatic carbocycles. The molecule has 1 N–H and O–H groups in total. The van der Waals surface area contributed by atoms with Gasteiger partial charge in [0.25, 0.3) is 0 Å². The third-order valence-electron chi connectivity index (χ3n) is 12.5. The van der Waals surface area contributed by atoms with Gasteiger partial charge in [-0.15, -0.1) is 0 Å². The first kappa shape index (κ1) is 39.2. The maximum atomic E-state index is 10.5. The smallest absolute Gasteiger partial charge is 0.306 e. The first-order chi connectivity index (χ1) is 28.1. The Bertz CT molecular complexity index is 2180. The number of piperazine rings is 1. The maximum absolute atomic E-state index is 10.5. The fourth-order valence-corrected chi connectivity index (χ4v) is 9.44. The van der Waals surface area contributed by atoms with Crippen LogP contribution < -0.4 is 9.47 Å². The molecule has 10 rings (SSSR count). The van der Waals surface area contributed by atoms with Crippen LogP contribution in [0.5, 0.6) is 11.6 Å². The average molecular weight is 785 g/mol. The molecule has 6 aliphatic rings. The SMILES string of the molecule is COc1ccc(CN2C3CC2CN(CC(C)(C)c2cnc(-c4cc(OCCN5C=CC=NC=C5)cn5ncc(C#N)c45)cn2)C3)cn1.O=C(O)C1CC2(CCCC2)C1. The van der Waals surface area contributed by atoms with Gasteiger partial charge in [0.1, 0.15) is 18.4 Å². The first-order valence-electron chi connectivity index (χ1n) is 20.3. The van der Waals surface area contributed by atoms with Gasteiger partial charge in [0.15, 0.2) is 0 Å². The molecule has 14 nitrogen and oxygen atoms in total. The average Bonchev–Trinajstić information content (AvgIpc) is 3.81. The van der Waals surface area contributed by atoms with Crippen molar-refractivity contribution in [2.45, 2.75) is 82.8 Å². The monoisotopic (exact) mass is 784 g/mol. The lowest BCUT2D eigenvalue weighted by Crippen LogP contribution is -2.68. The molecule has 8 heterocycles. The van der Waals surface area contributed by atoms with Crippen molar-refractivity contribution in [2.24, 2.45) is 16.3 Å². The number of nitriles is 1. The van der Waals surface area contributed by atoms with Crippen LogP contribution in [0.15, 0.2) is 78.9 Å². The highest BCUT2D eigenvalue weighted by molar-refractivity contribution is 5.83. The Morgan fingerprint density at radius 3 is 2.55 bits per heavy atom. The second-order valence-corrected chi connectivity index (χ2v) is 17.0. The van der Waals surface area contributed by atoms with E-state index in [1.807, 2.05) is 47.9 Å². The van der Waals surface area contributed by atoms with Crippen molar-refractivity contribution in [1.82, 2.24) is 39.3 Å². The van der Waals surface area contributed by atoms with Gasteiger partial charge in [-0.3, -0.25) is 29.6 Å². The minimum Gasteiger partial charge on any atom is -0.490 e. The van der Waals surface area contributed by atoms with Crippen LogP contribution in [-0.4, -0.2) is 109 Å². The number of ether oxygens (including phenoxy) is 2. The van der Waals surface area contributed by atoms with Crippen LogP contribution in [0.3, 0.4) is 0 Å². The predicted molar refractivity (Wildman–Crippen MR) is 219 cm³/mol. The topological polar surface area (TPSA) is 158 Å². The molecule has 2 atom stereocenters. The highest BCUT2D eigenvalue weighted by Crippen LogP contribution is 2.56. The molecular formula is C44H52N10O4. The van der Waals surface area contributed by atoms with Crippen LogP contribution in [0.1, 0.15) is 75.6 Å². The van der Waals surface area contributed by atoms with E-state index in [4.69, 9.17) is 24.5 Å². The van der Waals surface area contributed by atoms with Gasteiger partial charge in [0.2, 0.25) is 5.88 Å². The number of methoxy groups -OCH3 is 1. The number of carboxylic acids is 1. The molecule has 0 amide bonds. The Morgan fingerprint density at radius 1 is 1.05 bits per heavy atom. The van der Waals surface area contributed by atoms with E-state index in [1.54, 1.807) is 42.6 Å². The highest BCUT2D eigenvalue weighted by Gasteiger charge is 2.48. The molecule has 3 saturated heterocycles. The number of carbonyl (C=O) groups is 1. The van der Waals surface area contributed by atoms with Gasteiger partial charge < -0.3 is 19.5 Å². The Labute approximate surface area is 339 Å². The van der Waals surface area contributed by atoms with Gasteiger partial charge in [0.05, 0.1) is 60.6 Å². The zero-order chi connectivity index (χ0) is 40.3. The van der Waals surface area contributed by atoms with Crippen molar-refractivity contribution >= 4 is 17.7 Å². The van der Waals surface area contributed by atoms with Crippen molar-refractivity contribution in [1.29, 1.82) is 5.26 Å². The number of carboxylic acid groups (broad SMARTS) is 1. The normalized spacial score (nSPS) is 21.2. The minimum atomic E-state index is -0.581. The number of aliphatic imine (C=N–C) groups is 1. The first-order valence-corrected chi connectivity index (χ1v) is 20.3. The number of nitrogens with zero attached hydrogens (tertiary/aromatic N) is 10. The number of rotatable bonds is 12. The van der Waals surface area contributed by atoms with E-state index in [9.17, 15) is 10.1 Å². The fourth-order valence-electron chi connectivity index (χ4n) is 9.44. The van der Waals surface area contributed by atoms with E-state index in [-0.39, 0.29) is 11.3 Å². The standard InChI is InChI=1S/C35H38N10O2.C9H14O2/c1-35(2,24-43-21-27-13-28(22-43)44(27)20-25-5-6-33(46-3)40-16-25)32-19-38-31(18-39-32)30-14-29(23-45-34(30)26(15-36)17-41-45)47-12-11-42-9-4-7-37-8-10-42;10-8(11)7-5-9(6-7)3-1-2-4-9/h4-10,14,16-19,23,27-28H,11-13,20-22,24H2,1-3H3;7H,1-6H2,(H,10,11). The van der Waals surface area contributed by atoms with Crippen LogP contribution >= 0.6 is 0 Å². The highest BCUT2D eigenvalue weighted by atomic mass is 16.5. The minimum absolute atomic E-state index is 0.00639. The zero-order valence-electron chi connectivity index (χ0n) is 33.6. The summed E-state index contributed by atoms with van der Waals surface area (Å²) >= 11 is 0. The Hall–Kier alpha value is -5.65. The summed E-state index contributed by atoms with van der Waals surface area (Å²) in [6.45, 7) is 9.45. The van der Waals surface area contributed by atoms with Crippen molar-refractivity contribution in [3.05, 3.63) is 90.7 Å². The molecule has 2 saturated carbocycles. The predicted octanol–water partition coefficient (Wildman–Crippen LogP) is 6.09. The summed E-state index contributed by atoms with van der Waals surface area (Å²) in [6.07, 6.45) is 26.5. The molecule has 4 aromatic rings. The zero-order valence-corrected chi connectivity index (χ0v) is 33.6. The maximum Gasteiger partial charge on any atom is 0.306 e. The molecule has 302 valence electrons. The van der Waals surface area contributed by atoms with E-state index < -0.39 is 5.97 Å². The summed E-state index contributed by atoms with van der Waals surface area (Å²) in [5.74, 6) is 0.690. The third-order valence-corrected chi connectivity index (χ3v) is 12.5. The van der Waals surface area contributed by atoms with Gasteiger partial charge in [-0.1, -0.05) is 32.8 Å². The van der Waals surface area contributed by atoms with Crippen molar-refractivity contribution in [3.63, 3.8) is 0 Å². The van der Waals surface area contributed by atoms with Crippen molar-refractivity contribution < 1.29 is 19.4 Å². The summed E-state index contributed by atoms with van der Waals surface area (Å²) < 4.78 is 13.0. The van der Waals surface area contributed by atoms with Crippen LogP contribution in [0.4, 0.5) is 0 Å². The van der Waals surface area contributed by atoms with Crippen LogP contribution in [0.25, 0.3) is 16.8 Å². The van der Waals surface area contributed by atoms with Gasteiger partial charge >= 0.3 is 5.97 Å². The van der Waals surface area contributed by atoms with Crippen LogP contribution in [0, 0.1) is 22.7 Å². The summed E-state index contributed by atoms with van der Waals surface area (Å²) in [6, 6.07) is 9.31. The lowest BCUT2D eigenvalue weighted by Gasteiger charge is -2.57. The van der Waals surface area contributed by atoms with Gasteiger partial charge in [-0.2, -0.15) is 10.4 Å². The molecule has 2 bridgehead atoms. The van der Waals surface area contributed by atoms with Gasteiger partial charge in [0, 0.05) is 92.5 Å². The van der Waals surface area contributed by atoms with E-state index in [2.05, 4.69) is 50.9 Å². The van der Waals surface area contributed by atoms with E-state index >= 15 is 0 Å². The summed E-state index contributed by atoms with van der Waals surface area (Å²) in [5, 5.41) is 22.9. The van der Waals surface area contributed by atoms with Crippen LogP contribution in [0.2, 0.25) is 0 Å². The number of aliphatic carboxylic acids is 1. The number of allylic oxidation sites excluding steroid dienone is 1. The Balaban J connectivity index is 0.000000366. The lowest BCUT2D eigenvalue weighted by molar-refractivity contribution is -0.150. The van der Waals surface area contributed by atoms with Gasteiger partial charge in [-0.05, 0) is 55.2 Å². The molecule has 0 radical (unpaired) electrons. The van der Waals surface area contributed by atoms with E-state index in [1.165, 1.54) is 37.7 Å². The molecule has 2 unspecified atom stereocenters. The molecule has 2 aliphatic carbocycles. The summed E-state index contributed by atoms with van der Waals surface area (Å²) in [7, 11) is 1.64. The van der Waals surface area contributed by atoms with Crippen molar-refractivity contribution in [3.8, 4) is 29.0 Å². The van der Waals surface area contributed by atoms with Gasteiger partial charge in [-0.25, -0.2) is 9.50 Å². The second-order valence-electron chi connectivity index (χ2n) is 17.0. The molecule has 4 aromatic heterocycles. The molecule has 14 heteroatoms. The Morgan fingerprint density at radius 2 is 1.86 bits per heavy atom. The second kappa shape index (κ2) is 16.7. The van der Waals surface area contributed by atoms with E-state index in [0.717, 1.165) is 50.3 Å². The number of pyridine rings is 2. The molecule has 5 fully saturated rings. The largest absolute Gasteiger partial charge is 0.490 e. The fraction of sp³-hybridized carbons (Fsp3) is 0.477. The number of piperidine rings is 1. The number of fused-ring (bicyclic) bond motifs is 3.